The molecule has 0 saturated carbocycles. The Balaban J connectivity index is 2.77. The van der Waals surface area contributed by atoms with E-state index in [1.165, 1.54) is 14.0 Å². The summed E-state index contributed by atoms with van der Waals surface area (Å²) < 4.78 is 74.9. The summed E-state index contributed by atoms with van der Waals surface area (Å²) in [5.74, 6) is -11.5. The summed E-state index contributed by atoms with van der Waals surface area (Å²) in [6.07, 6.45) is -0.792. The number of hydrogen-bond donors (Lipinski definition) is 1. The van der Waals surface area contributed by atoms with Gasteiger partial charge in [-0.15, -0.1) is 0 Å². The molecule has 0 heterocycles. The van der Waals surface area contributed by atoms with Crippen molar-refractivity contribution in [1.29, 1.82) is 0 Å². The van der Waals surface area contributed by atoms with Crippen LogP contribution in [0.5, 0.6) is 5.75 Å². The first-order valence-corrected chi connectivity index (χ1v) is 5.77. The molecule has 114 valence electrons. The minimum atomic E-state index is -2.21. The molecule has 0 spiro atoms. The maximum absolute atomic E-state index is 13.3. The zero-order valence-electron chi connectivity index (χ0n) is 10.9. The topological polar surface area (TPSA) is 30.5 Å². The molecule has 1 atom stereocenters. The molecule has 0 saturated heterocycles. The van der Waals surface area contributed by atoms with Crippen LogP contribution in [0.25, 0.3) is 0 Å². The number of rotatable bonds is 7. The highest BCUT2D eigenvalue weighted by Gasteiger charge is 2.27. The van der Waals surface area contributed by atoms with Crippen LogP contribution in [-0.2, 0) is 4.74 Å². The highest BCUT2D eigenvalue weighted by atomic mass is 19.2. The van der Waals surface area contributed by atoms with Gasteiger partial charge in [0, 0.05) is 20.2 Å². The molecule has 1 aromatic carbocycles. The summed E-state index contributed by atoms with van der Waals surface area (Å²) in [5.41, 5.74) is 0. The smallest absolute Gasteiger partial charge is 0.207 e. The zero-order valence-corrected chi connectivity index (χ0v) is 10.9. The Morgan fingerprint density at radius 2 is 1.45 bits per heavy atom. The van der Waals surface area contributed by atoms with E-state index in [2.05, 4.69) is 5.32 Å². The maximum Gasteiger partial charge on any atom is 0.207 e. The van der Waals surface area contributed by atoms with Crippen LogP contribution in [0.15, 0.2) is 0 Å². The van der Waals surface area contributed by atoms with Gasteiger partial charge in [0.15, 0.2) is 5.75 Å². The fraction of sp³-hybridized carbons (Fsp3) is 0.500. The largest absolute Gasteiger partial charge is 0.483 e. The van der Waals surface area contributed by atoms with E-state index in [1.807, 2.05) is 0 Å². The molecule has 0 radical (unpaired) electrons. The van der Waals surface area contributed by atoms with Gasteiger partial charge in [0.25, 0.3) is 0 Å². The summed E-state index contributed by atoms with van der Waals surface area (Å²) >= 11 is 0. The zero-order chi connectivity index (χ0) is 15.3. The Morgan fingerprint density at radius 1 is 0.950 bits per heavy atom. The fourth-order valence-corrected chi connectivity index (χ4v) is 1.41. The van der Waals surface area contributed by atoms with Gasteiger partial charge in [-0.2, -0.15) is 8.78 Å². The first-order chi connectivity index (χ1) is 9.40. The third-order valence-corrected chi connectivity index (χ3v) is 2.40. The molecule has 1 rings (SSSR count). The second kappa shape index (κ2) is 7.39. The second-order valence-corrected chi connectivity index (χ2v) is 4.02. The molecule has 0 aliphatic rings. The predicted molar refractivity (Wildman–Crippen MR) is 61.1 cm³/mol. The summed E-state index contributed by atoms with van der Waals surface area (Å²) in [4.78, 5) is 0. The van der Waals surface area contributed by atoms with Crippen molar-refractivity contribution in [2.75, 3.05) is 26.8 Å². The molecule has 0 aliphatic heterocycles. The Hall–Kier alpha value is -1.41. The molecule has 0 aliphatic carbocycles. The highest BCUT2D eigenvalue weighted by molar-refractivity contribution is 5.29. The molecular weight excluding hydrogens is 285 g/mol. The Morgan fingerprint density at radius 3 is 1.95 bits per heavy atom. The van der Waals surface area contributed by atoms with Crippen LogP contribution in [0.2, 0.25) is 0 Å². The van der Waals surface area contributed by atoms with Gasteiger partial charge in [-0.1, -0.05) is 0 Å². The van der Waals surface area contributed by atoms with E-state index in [1.54, 1.807) is 0 Å². The molecule has 3 nitrogen and oxygen atoms in total. The Labute approximate surface area is 112 Å². The Bertz CT molecular complexity index is 441. The van der Waals surface area contributed by atoms with E-state index in [9.17, 15) is 22.0 Å². The molecule has 0 aromatic heterocycles. The summed E-state index contributed by atoms with van der Waals surface area (Å²) in [6, 6.07) is 0. The average molecular weight is 299 g/mol. The molecule has 1 unspecified atom stereocenters. The lowest BCUT2D eigenvalue weighted by molar-refractivity contribution is 0.173. The summed E-state index contributed by atoms with van der Waals surface area (Å²) in [6.45, 7) is 2.46. The first kappa shape index (κ1) is 16.6. The molecule has 8 heteroatoms. The van der Waals surface area contributed by atoms with Gasteiger partial charge in [0.05, 0.1) is 6.61 Å². The lowest BCUT2D eigenvalue weighted by Gasteiger charge is -2.17. The molecule has 1 aromatic rings. The minimum absolute atomic E-state index is 0.156. The molecule has 0 bridgehead atoms. The maximum atomic E-state index is 13.3. The van der Waals surface area contributed by atoms with Crippen molar-refractivity contribution in [2.45, 2.75) is 13.0 Å². The van der Waals surface area contributed by atoms with Gasteiger partial charge in [-0.25, -0.2) is 13.2 Å². The second-order valence-electron chi connectivity index (χ2n) is 4.02. The van der Waals surface area contributed by atoms with Crippen molar-refractivity contribution in [1.82, 2.24) is 5.32 Å². The van der Waals surface area contributed by atoms with E-state index < -0.39 is 40.9 Å². The van der Waals surface area contributed by atoms with Gasteiger partial charge in [0.2, 0.25) is 29.1 Å². The van der Waals surface area contributed by atoms with Crippen molar-refractivity contribution in [3.05, 3.63) is 29.1 Å². The number of nitrogens with one attached hydrogen (secondary N) is 1. The number of hydrogen-bond acceptors (Lipinski definition) is 3. The number of methoxy groups -OCH3 is 1. The van der Waals surface area contributed by atoms with Crippen molar-refractivity contribution in [3.8, 4) is 5.75 Å². The van der Waals surface area contributed by atoms with Gasteiger partial charge >= 0.3 is 0 Å². The van der Waals surface area contributed by atoms with Gasteiger partial charge in [-0.3, -0.25) is 0 Å². The van der Waals surface area contributed by atoms with Crippen LogP contribution < -0.4 is 10.1 Å². The SMILES string of the molecule is COCCNCC(C)Oc1c(F)c(F)c(F)c(F)c1F. The number of benzene rings is 1. The molecule has 20 heavy (non-hydrogen) atoms. The lowest BCUT2D eigenvalue weighted by Crippen LogP contribution is -2.31. The van der Waals surface area contributed by atoms with Crippen molar-refractivity contribution in [2.24, 2.45) is 0 Å². The van der Waals surface area contributed by atoms with Crippen LogP contribution in [0, 0.1) is 29.1 Å². The van der Waals surface area contributed by atoms with Crippen LogP contribution >= 0.6 is 0 Å². The van der Waals surface area contributed by atoms with E-state index in [-0.39, 0.29) is 6.54 Å². The van der Waals surface area contributed by atoms with Crippen LogP contribution in [-0.4, -0.2) is 32.9 Å². The van der Waals surface area contributed by atoms with Gasteiger partial charge in [-0.05, 0) is 6.92 Å². The molecule has 0 amide bonds. The van der Waals surface area contributed by atoms with E-state index in [0.717, 1.165) is 0 Å². The van der Waals surface area contributed by atoms with Crippen LogP contribution in [0.3, 0.4) is 0 Å². The van der Waals surface area contributed by atoms with Crippen molar-refractivity contribution >= 4 is 0 Å². The van der Waals surface area contributed by atoms with Gasteiger partial charge in [0.1, 0.15) is 6.10 Å². The van der Waals surface area contributed by atoms with Gasteiger partial charge < -0.3 is 14.8 Å². The Kier molecular flexibility index (Phi) is 6.15. The number of ether oxygens (including phenoxy) is 2. The summed E-state index contributed by atoms with van der Waals surface area (Å²) in [5, 5.41) is 2.83. The standard InChI is InChI=1S/C12H14F5NO2/c1-6(5-18-3-4-19-2)20-12-10(16)8(14)7(13)9(15)11(12)17/h6,18H,3-5H2,1-2H3. The number of halogens is 5. The molecule has 1 N–H and O–H groups in total. The predicted octanol–water partition coefficient (Wildman–Crippen LogP) is 2.39. The molecule has 0 fully saturated rings. The lowest BCUT2D eigenvalue weighted by atomic mass is 10.2. The third kappa shape index (κ3) is 3.80. The normalized spacial score (nSPS) is 12.6. The van der Waals surface area contributed by atoms with Crippen molar-refractivity contribution in [3.63, 3.8) is 0 Å². The quantitative estimate of drug-likeness (QED) is 0.363. The van der Waals surface area contributed by atoms with Crippen LogP contribution in [0.4, 0.5) is 22.0 Å². The minimum Gasteiger partial charge on any atom is -0.483 e. The van der Waals surface area contributed by atoms with Crippen LogP contribution in [0.1, 0.15) is 6.92 Å². The third-order valence-electron chi connectivity index (χ3n) is 2.40. The monoisotopic (exact) mass is 299 g/mol. The van der Waals surface area contributed by atoms with Crippen molar-refractivity contribution < 1.29 is 31.4 Å². The fourth-order valence-electron chi connectivity index (χ4n) is 1.41. The molecular formula is C12H14F5NO2. The summed E-state index contributed by atoms with van der Waals surface area (Å²) in [7, 11) is 1.50. The average Bonchev–Trinajstić information content (AvgIpc) is 2.44. The first-order valence-electron chi connectivity index (χ1n) is 5.77. The highest BCUT2D eigenvalue weighted by Crippen LogP contribution is 2.29. The van der Waals surface area contributed by atoms with E-state index in [0.29, 0.717) is 13.2 Å². The van der Waals surface area contributed by atoms with E-state index in [4.69, 9.17) is 9.47 Å². The van der Waals surface area contributed by atoms with E-state index >= 15 is 0 Å².